The molecule has 1 aromatic carbocycles. The SMILES string of the molecule is CCc1nc(C(C#N)C(=O)C2CC2c2cccc(F)c2)sc1C. The molecule has 3 atom stereocenters. The molecule has 5 heteroatoms. The molecule has 1 aliphatic carbocycles. The molecule has 1 fully saturated rings. The molecule has 0 aliphatic heterocycles. The van der Waals surface area contributed by atoms with Crippen LogP contribution in [0, 0.1) is 30.0 Å². The molecule has 1 heterocycles. The summed E-state index contributed by atoms with van der Waals surface area (Å²) < 4.78 is 13.3. The van der Waals surface area contributed by atoms with Gasteiger partial charge in [-0.3, -0.25) is 4.79 Å². The first-order chi connectivity index (χ1) is 11.0. The molecule has 1 aromatic heterocycles. The monoisotopic (exact) mass is 328 g/mol. The number of hydrogen-bond acceptors (Lipinski definition) is 4. The molecule has 0 spiro atoms. The van der Waals surface area contributed by atoms with E-state index >= 15 is 0 Å². The zero-order valence-electron chi connectivity index (χ0n) is 13.0. The number of nitriles is 1. The summed E-state index contributed by atoms with van der Waals surface area (Å²) in [5.41, 5.74) is 1.79. The van der Waals surface area contributed by atoms with Crippen LogP contribution in [0.5, 0.6) is 0 Å². The zero-order valence-corrected chi connectivity index (χ0v) is 13.9. The van der Waals surface area contributed by atoms with Gasteiger partial charge in [0.2, 0.25) is 0 Å². The lowest BCUT2D eigenvalue weighted by Crippen LogP contribution is -2.13. The minimum atomic E-state index is -0.803. The number of carbonyl (C=O) groups is 1. The highest BCUT2D eigenvalue weighted by molar-refractivity contribution is 7.11. The van der Waals surface area contributed by atoms with E-state index < -0.39 is 5.92 Å². The van der Waals surface area contributed by atoms with E-state index in [0.29, 0.717) is 11.4 Å². The highest BCUT2D eigenvalue weighted by atomic mass is 32.1. The minimum Gasteiger partial charge on any atom is -0.297 e. The maximum absolute atomic E-state index is 13.3. The Balaban J connectivity index is 1.78. The fourth-order valence-corrected chi connectivity index (χ4v) is 4.04. The second-order valence-corrected chi connectivity index (χ2v) is 7.11. The number of hydrogen-bond donors (Lipinski definition) is 0. The number of ketones is 1. The minimum absolute atomic E-state index is 0.0285. The molecule has 118 valence electrons. The highest BCUT2D eigenvalue weighted by Crippen LogP contribution is 2.50. The Labute approximate surface area is 138 Å². The van der Waals surface area contributed by atoms with Crippen molar-refractivity contribution >= 4 is 17.1 Å². The van der Waals surface area contributed by atoms with E-state index in [9.17, 15) is 14.4 Å². The van der Waals surface area contributed by atoms with Crippen molar-refractivity contribution in [3.05, 3.63) is 51.2 Å². The van der Waals surface area contributed by atoms with Gasteiger partial charge in [-0.25, -0.2) is 9.37 Å². The van der Waals surface area contributed by atoms with Crippen molar-refractivity contribution in [3.8, 4) is 6.07 Å². The third kappa shape index (κ3) is 3.04. The van der Waals surface area contributed by atoms with Crippen molar-refractivity contribution in [1.82, 2.24) is 4.98 Å². The van der Waals surface area contributed by atoms with Crippen LogP contribution in [0.1, 0.15) is 46.3 Å². The first kappa shape index (κ1) is 15.8. The molecule has 0 N–H and O–H groups in total. The molecule has 23 heavy (non-hydrogen) atoms. The van der Waals surface area contributed by atoms with Crippen molar-refractivity contribution in [2.24, 2.45) is 5.92 Å². The summed E-state index contributed by atoms with van der Waals surface area (Å²) in [5.74, 6) is -1.35. The van der Waals surface area contributed by atoms with Crippen LogP contribution in [-0.4, -0.2) is 10.8 Å². The fourth-order valence-electron chi connectivity index (χ4n) is 2.97. The van der Waals surface area contributed by atoms with Gasteiger partial charge >= 0.3 is 0 Å². The summed E-state index contributed by atoms with van der Waals surface area (Å²) >= 11 is 1.43. The van der Waals surface area contributed by atoms with Crippen molar-refractivity contribution < 1.29 is 9.18 Å². The largest absolute Gasteiger partial charge is 0.297 e. The lowest BCUT2D eigenvalue weighted by Gasteiger charge is -2.05. The van der Waals surface area contributed by atoms with Crippen LogP contribution in [0.3, 0.4) is 0 Å². The zero-order chi connectivity index (χ0) is 16.6. The van der Waals surface area contributed by atoms with Gasteiger partial charge in [0.1, 0.15) is 10.8 Å². The molecule has 3 unspecified atom stereocenters. The van der Waals surface area contributed by atoms with Crippen LogP contribution < -0.4 is 0 Å². The number of aromatic nitrogens is 1. The maximum Gasteiger partial charge on any atom is 0.160 e. The molecule has 0 bridgehead atoms. The van der Waals surface area contributed by atoms with Crippen LogP contribution in [0.25, 0.3) is 0 Å². The summed E-state index contributed by atoms with van der Waals surface area (Å²) in [6.45, 7) is 3.97. The molecule has 0 radical (unpaired) electrons. The topological polar surface area (TPSA) is 53.8 Å². The summed E-state index contributed by atoms with van der Waals surface area (Å²) in [6, 6.07) is 8.48. The average molecular weight is 328 g/mol. The van der Waals surface area contributed by atoms with Gasteiger partial charge in [-0.2, -0.15) is 5.26 Å². The molecular weight excluding hydrogens is 311 g/mol. The Kier molecular flexibility index (Phi) is 4.27. The fraction of sp³-hybridized carbons (Fsp3) is 0.389. The van der Waals surface area contributed by atoms with Crippen LogP contribution in [0.2, 0.25) is 0 Å². The van der Waals surface area contributed by atoms with E-state index in [2.05, 4.69) is 11.1 Å². The van der Waals surface area contributed by atoms with Gasteiger partial charge in [0.05, 0.1) is 11.8 Å². The number of benzene rings is 1. The van der Waals surface area contributed by atoms with Gasteiger partial charge < -0.3 is 0 Å². The Morgan fingerprint density at radius 3 is 2.96 bits per heavy atom. The molecule has 3 rings (SSSR count). The van der Waals surface area contributed by atoms with Crippen LogP contribution in [-0.2, 0) is 11.2 Å². The second-order valence-electron chi connectivity index (χ2n) is 5.88. The van der Waals surface area contributed by atoms with Gasteiger partial charge in [-0.05, 0) is 43.4 Å². The van der Waals surface area contributed by atoms with E-state index in [0.717, 1.165) is 22.6 Å². The van der Waals surface area contributed by atoms with E-state index in [1.165, 1.54) is 23.5 Å². The van der Waals surface area contributed by atoms with Crippen LogP contribution in [0.4, 0.5) is 4.39 Å². The second kappa shape index (κ2) is 6.21. The number of nitrogens with zero attached hydrogens (tertiary/aromatic N) is 2. The average Bonchev–Trinajstić information content (AvgIpc) is 3.25. The third-order valence-corrected chi connectivity index (χ3v) is 5.42. The number of rotatable bonds is 5. The van der Waals surface area contributed by atoms with Gasteiger partial charge in [0.25, 0.3) is 0 Å². The molecule has 3 nitrogen and oxygen atoms in total. The van der Waals surface area contributed by atoms with Gasteiger partial charge in [0.15, 0.2) is 11.7 Å². The number of carbonyl (C=O) groups excluding carboxylic acids is 1. The van der Waals surface area contributed by atoms with Gasteiger partial charge in [-0.15, -0.1) is 11.3 Å². The summed E-state index contributed by atoms with van der Waals surface area (Å²) in [7, 11) is 0. The lowest BCUT2D eigenvalue weighted by atomic mass is 9.99. The quantitative estimate of drug-likeness (QED) is 0.829. The van der Waals surface area contributed by atoms with Gasteiger partial charge in [0, 0.05) is 10.8 Å². The summed E-state index contributed by atoms with van der Waals surface area (Å²) in [4.78, 5) is 18.2. The number of halogens is 1. The van der Waals surface area contributed by atoms with Gasteiger partial charge in [-0.1, -0.05) is 19.1 Å². The molecule has 2 aromatic rings. The standard InChI is InChI=1S/C18H17FN2OS/c1-3-16-10(2)23-18(21-16)15(9-20)17(22)14-8-13(14)11-5-4-6-12(19)7-11/h4-7,13-15H,3,8H2,1-2H3. The van der Waals surface area contributed by atoms with Crippen molar-refractivity contribution in [3.63, 3.8) is 0 Å². The normalized spacial score (nSPS) is 20.8. The van der Waals surface area contributed by atoms with Crippen molar-refractivity contribution in [1.29, 1.82) is 5.26 Å². The molecular formula is C18H17FN2OS. The Bertz CT molecular complexity index is 793. The number of thiazole rings is 1. The Morgan fingerprint density at radius 2 is 2.35 bits per heavy atom. The number of aryl methyl sites for hydroxylation is 2. The smallest absolute Gasteiger partial charge is 0.160 e. The molecule has 0 amide bonds. The molecule has 1 aliphatic rings. The predicted molar refractivity (Wildman–Crippen MR) is 86.8 cm³/mol. The van der Waals surface area contributed by atoms with Crippen molar-refractivity contribution in [2.75, 3.05) is 0 Å². The van der Waals surface area contributed by atoms with E-state index in [1.54, 1.807) is 6.07 Å². The first-order valence-corrected chi connectivity index (χ1v) is 8.51. The number of Topliss-reactive ketones (excluding diaryl/α,β-unsaturated/α-hetero) is 1. The van der Waals surface area contributed by atoms with E-state index in [1.807, 2.05) is 19.9 Å². The highest BCUT2D eigenvalue weighted by Gasteiger charge is 2.47. The summed E-state index contributed by atoms with van der Waals surface area (Å²) in [5, 5.41) is 10.0. The summed E-state index contributed by atoms with van der Waals surface area (Å²) in [6.07, 6.45) is 1.48. The maximum atomic E-state index is 13.3. The third-order valence-electron chi connectivity index (χ3n) is 4.34. The Morgan fingerprint density at radius 1 is 1.57 bits per heavy atom. The first-order valence-electron chi connectivity index (χ1n) is 7.70. The lowest BCUT2D eigenvalue weighted by molar-refractivity contribution is -0.120. The van der Waals surface area contributed by atoms with E-state index in [-0.39, 0.29) is 23.4 Å². The molecule has 1 saturated carbocycles. The molecule has 0 saturated heterocycles. The van der Waals surface area contributed by atoms with Crippen molar-refractivity contribution in [2.45, 2.75) is 38.5 Å². The van der Waals surface area contributed by atoms with Crippen LogP contribution >= 0.6 is 11.3 Å². The van der Waals surface area contributed by atoms with Crippen LogP contribution in [0.15, 0.2) is 24.3 Å². The Hall–Kier alpha value is -2.06. The van der Waals surface area contributed by atoms with E-state index in [4.69, 9.17) is 0 Å². The predicted octanol–water partition coefficient (Wildman–Crippen LogP) is 4.13.